The minimum atomic E-state index is -0.109. The van der Waals surface area contributed by atoms with E-state index in [0.29, 0.717) is 19.6 Å². The van der Waals surface area contributed by atoms with Crippen LogP contribution in [0.4, 0.5) is 5.69 Å². The zero-order valence-electron chi connectivity index (χ0n) is 15.6. The molecule has 0 saturated carbocycles. The monoisotopic (exact) mass is 346 g/mol. The Morgan fingerprint density at radius 1 is 1.20 bits per heavy atom. The van der Waals surface area contributed by atoms with Crippen LogP contribution in [-0.4, -0.2) is 31.0 Å². The van der Waals surface area contributed by atoms with Crippen LogP contribution in [0.25, 0.3) is 0 Å². The van der Waals surface area contributed by atoms with Crippen molar-refractivity contribution in [2.75, 3.05) is 18.1 Å². The number of nitrogens with zero attached hydrogens (tertiary/aromatic N) is 1. The Hall–Kier alpha value is -2.04. The summed E-state index contributed by atoms with van der Waals surface area (Å²) >= 11 is 0. The summed E-state index contributed by atoms with van der Waals surface area (Å²) < 4.78 is 5.44. The molecule has 2 amide bonds. The third-order valence-electron chi connectivity index (χ3n) is 4.58. The highest BCUT2D eigenvalue weighted by atomic mass is 16.5. The molecule has 2 rings (SSSR count). The molecule has 138 valence electrons. The van der Waals surface area contributed by atoms with Gasteiger partial charge in [-0.1, -0.05) is 26.7 Å². The van der Waals surface area contributed by atoms with E-state index in [-0.39, 0.29) is 23.8 Å². The summed E-state index contributed by atoms with van der Waals surface area (Å²) in [6.07, 6.45) is 4.18. The molecule has 0 aliphatic carbocycles. The number of hydrogen-bond acceptors (Lipinski definition) is 3. The lowest BCUT2D eigenvalue weighted by Gasteiger charge is -2.20. The normalized spacial score (nSPS) is 17.2. The standard InChI is InChI=1S/C20H30N2O3/c1-4-7-15(8-5-2)20(24)21-16-13-19(23)22(14-16)17-9-11-18(12-10-17)25-6-3/h9-12,15-16H,4-8,13-14H2,1-3H3,(H,21,24)/t16-/m1/s1. The molecule has 1 aromatic carbocycles. The first-order chi connectivity index (χ1) is 12.1. The Bertz CT molecular complexity index is 565. The number of hydrogen-bond donors (Lipinski definition) is 1. The molecule has 0 unspecified atom stereocenters. The zero-order chi connectivity index (χ0) is 18.2. The first kappa shape index (κ1) is 19.3. The maximum Gasteiger partial charge on any atom is 0.229 e. The number of anilines is 1. The molecule has 5 heteroatoms. The van der Waals surface area contributed by atoms with Crippen LogP contribution in [0.1, 0.15) is 52.9 Å². The summed E-state index contributed by atoms with van der Waals surface area (Å²) in [4.78, 5) is 26.6. The van der Waals surface area contributed by atoms with E-state index in [1.54, 1.807) is 4.90 Å². The maximum absolute atomic E-state index is 12.5. The average Bonchev–Trinajstić information content (AvgIpc) is 2.96. The molecule has 0 spiro atoms. The third kappa shape index (κ3) is 5.21. The van der Waals surface area contributed by atoms with Gasteiger partial charge in [0.15, 0.2) is 0 Å². The van der Waals surface area contributed by atoms with Crippen LogP contribution in [0, 0.1) is 5.92 Å². The molecular formula is C20H30N2O3. The number of amides is 2. The molecular weight excluding hydrogens is 316 g/mol. The molecule has 1 aliphatic heterocycles. The van der Waals surface area contributed by atoms with Gasteiger partial charge in [-0.25, -0.2) is 0 Å². The van der Waals surface area contributed by atoms with Crippen LogP contribution < -0.4 is 15.0 Å². The van der Waals surface area contributed by atoms with E-state index < -0.39 is 0 Å². The van der Waals surface area contributed by atoms with Crippen molar-refractivity contribution in [2.24, 2.45) is 5.92 Å². The predicted octanol–water partition coefficient (Wildman–Crippen LogP) is 3.52. The van der Waals surface area contributed by atoms with Crippen molar-refractivity contribution in [2.45, 2.75) is 58.9 Å². The SMILES string of the molecule is CCCC(CCC)C(=O)N[C@@H]1CC(=O)N(c2ccc(OCC)cc2)C1. The van der Waals surface area contributed by atoms with Gasteiger partial charge in [-0.3, -0.25) is 9.59 Å². The second-order valence-electron chi connectivity index (χ2n) is 6.62. The number of rotatable bonds is 9. The van der Waals surface area contributed by atoms with Crippen LogP contribution in [0.2, 0.25) is 0 Å². The molecule has 5 nitrogen and oxygen atoms in total. The number of ether oxygens (including phenoxy) is 1. The van der Waals surface area contributed by atoms with Gasteiger partial charge < -0.3 is 15.0 Å². The fourth-order valence-electron chi connectivity index (χ4n) is 3.37. The quantitative estimate of drug-likeness (QED) is 0.744. The van der Waals surface area contributed by atoms with Crippen molar-refractivity contribution in [1.29, 1.82) is 0 Å². The number of nitrogens with one attached hydrogen (secondary N) is 1. The van der Waals surface area contributed by atoms with Gasteiger partial charge in [-0.05, 0) is 44.0 Å². The van der Waals surface area contributed by atoms with E-state index in [0.717, 1.165) is 37.1 Å². The molecule has 25 heavy (non-hydrogen) atoms. The van der Waals surface area contributed by atoms with Gasteiger partial charge in [0.05, 0.1) is 12.6 Å². The lowest BCUT2D eigenvalue weighted by molar-refractivity contribution is -0.126. The Balaban J connectivity index is 1.96. The summed E-state index contributed by atoms with van der Waals surface area (Å²) in [5, 5.41) is 3.08. The van der Waals surface area contributed by atoms with Crippen molar-refractivity contribution in [3.63, 3.8) is 0 Å². The van der Waals surface area contributed by atoms with Gasteiger partial charge in [0.1, 0.15) is 5.75 Å². The van der Waals surface area contributed by atoms with Gasteiger partial charge in [0.2, 0.25) is 11.8 Å². The van der Waals surface area contributed by atoms with Crippen LogP contribution >= 0.6 is 0 Å². The molecule has 1 aliphatic rings. The molecule has 1 fully saturated rings. The van der Waals surface area contributed by atoms with Crippen LogP contribution in [0.3, 0.4) is 0 Å². The third-order valence-corrected chi connectivity index (χ3v) is 4.58. The second kappa shape index (κ2) is 9.44. The van der Waals surface area contributed by atoms with Crippen molar-refractivity contribution in [3.8, 4) is 5.75 Å². The molecule has 1 atom stereocenters. The van der Waals surface area contributed by atoms with E-state index in [1.165, 1.54) is 0 Å². The second-order valence-corrected chi connectivity index (χ2v) is 6.62. The number of carbonyl (C=O) groups is 2. The van der Waals surface area contributed by atoms with Gasteiger partial charge in [0.25, 0.3) is 0 Å². The van der Waals surface area contributed by atoms with Crippen molar-refractivity contribution < 1.29 is 14.3 Å². The van der Waals surface area contributed by atoms with E-state index in [9.17, 15) is 9.59 Å². The van der Waals surface area contributed by atoms with Crippen LogP contribution in [-0.2, 0) is 9.59 Å². The molecule has 0 bridgehead atoms. The fraction of sp³-hybridized carbons (Fsp3) is 0.600. The van der Waals surface area contributed by atoms with Crippen LogP contribution in [0.15, 0.2) is 24.3 Å². The van der Waals surface area contributed by atoms with Crippen molar-refractivity contribution >= 4 is 17.5 Å². The molecule has 1 saturated heterocycles. The summed E-state index contributed by atoms with van der Waals surface area (Å²) in [5.41, 5.74) is 0.851. The van der Waals surface area contributed by atoms with Gasteiger partial charge in [-0.2, -0.15) is 0 Å². The molecule has 1 N–H and O–H groups in total. The Kier molecular flexibility index (Phi) is 7.29. The van der Waals surface area contributed by atoms with Gasteiger partial charge >= 0.3 is 0 Å². The van der Waals surface area contributed by atoms with Crippen molar-refractivity contribution in [1.82, 2.24) is 5.32 Å². The number of carbonyl (C=O) groups excluding carboxylic acids is 2. The smallest absolute Gasteiger partial charge is 0.229 e. The lowest BCUT2D eigenvalue weighted by atomic mass is 9.97. The molecule has 0 radical (unpaired) electrons. The van der Waals surface area contributed by atoms with Crippen molar-refractivity contribution in [3.05, 3.63) is 24.3 Å². The fourth-order valence-corrected chi connectivity index (χ4v) is 3.37. The summed E-state index contributed by atoms with van der Waals surface area (Å²) in [6, 6.07) is 7.42. The highest BCUT2D eigenvalue weighted by molar-refractivity contribution is 5.97. The summed E-state index contributed by atoms with van der Waals surface area (Å²) in [6.45, 7) is 7.29. The van der Waals surface area contributed by atoms with E-state index in [2.05, 4.69) is 19.2 Å². The largest absolute Gasteiger partial charge is 0.494 e. The van der Waals surface area contributed by atoms with Gasteiger partial charge in [-0.15, -0.1) is 0 Å². The first-order valence-corrected chi connectivity index (χ1v) is 9.42. The van der Waals surface area contributed by atoms with E-state index in [4.69, 9.17) is 4.74 Å². The maximum atomic E-state index is 12.5. The minimum absolute atomic E-state index is 0.0528. The number of benzene rings is 1. The molecule has 0 aromatic heterocycles. The Labute approximate surface area is 150 Å². The molecule has 1 aromatic rings. The average molecular weight is 346 g/mol. The highest BCUT2D eigenvalue weighted by Gasteiger charge is 2.32. The first-order valence-electron chi connectivity index (χ1n) is 9.42. The summed E-state index contributed by atoms with van der Waals surface area (Å²) in [7, 11) is 0. The predicted molar refractivity (Wildman–Crippen MR) is 99.8 cm³/mol. The highest BCUT2D eigenvalue weighted by Crippen LogP contribution is 2.25. The zero-order valence-corrected chi connectivity index (χ0v) is 15.6. The van der Waals surface area contributed by atoms with Crippen LogP contribution in [0.5, 0.6) is 5.75 Å². The van der Waals surface area contributed by atoms with Gasteiger partial charge in [0, 0.05) is 24.6 Å². The Morgan fingerprint density at radius 3 is 2.40 bits per heavy atom. The lowest BCUT2D eigenvalue weighted by Crippen LogP contribution is -2.40. The summed E-state index contributed by atoms with van der Waals surface area (Å²) in [5.74, 6) is 1.00. The molecule has 1 heterocycles. The minimum Gasteiger partial charge on any atom is -0.494 e. The Morgan fingerprint density at radius 2 is 1.84 bits per heavy atom. The topological polar surface area (TPSA) is 58.6 Å². The van der Waals surface area contributed by atoms with E-state index in [1.807, 2.05) is 31.2 Å². The van der Waals surface area contributed by atoms with E-state index >= 15 is 0 Å².